The lowest BCUT2D eigenvalue weighted by molar-refractivity contribution is 0.0167. The number of ether oxygens (including phenoxy) is 2. The first-order valence-electron chi connectivity index (χ1n) is 9.19. The van der Waals surface area contributed by atoms with Gasteiger partial charge in [0, 0.05) is 18.7 Å². The van der Waals surface area contributed by atoms with Crippen LogP contribution in [0.1, 0.15) is 16.2 Å². The second kappa shape index (κ2) is 7.46. The van der Waals surface area contributed by atoms with E-state index in [1.807, 2.05) is 24.3 Å². The highest BCUT2D eigenvalue weighted by Crippen LogP contribution is 2.25. The minimum absolute atomic E-state index is 0.113. The Balaban J connectivity index is 1.43. The van der Waals surface area contributed by atoms with Gasteiger partial charge in [0.1, 0.15) is 29.1 Å². The third kappa shape index (κ3) is 3.87. The molecule has 3 heterocycles. The summed E-state index contributed by atoms with van der Waals surface area (Å²) in [5.41, 5.74) is 1.63. The van der Waals surface area contributed by atoms with Crippen molar-refractivity contribution in [2.24, 2.45) is 7.05 Å². The molecule has 0 aliphatic carbocycles. The molecular weight excluding hydrogens is 374 g/mol. The maximum Gasteiger partial charge on any atom is 0.339 e. The van der Waals surface area contributed by atoms with E-state index >= 15 is 0 Å². The molecule has 0 N–H and O–H groups in total. The lowest BCUT2D eigenvalue weighted by Gasteiger charge is -2.38. The monoisotopic (exact) mass is 395 g/mol. The third-order valence-electron chi connectivity index (χ3n) is 4.77. The fourth-order valence-electron chi connectivity index (χ4n) is 3.27. The molecule has 1 aliphatic heterocycles. The summed E-state index contributed by atoms with van der Waals surface area (Å²) < 4.78 is 17.5. The topological polar surface area (TPSA) is 86.8 Å². The van der Waals surface area contributed by atoms with Crippen LogP contribution in [0.25, 0.3) is 11.3 Å². The molecule has 1 aliphatic rings. The number of aromatic nitrogens is 2. The molecular formula is C21H21N3O5. The Bertz CT molecular complexity index is 1110. The summed E-state index contributed by atoms with van der Waals surface area (Å²) in [5, 5.41) is 4.46. The molecule has 1 fully saturated rings. The average molecular weight is 395 g/mol. The zero-order valence-electron chi connectivity index (χ0n) is 16.4. The van der Waals surface area contributed by atoms with Crippen LogP contribution in [0.4, 0.5) is 0 Å². The van der Waals surface area contributed by atoms with Crippen LogP contribution in [-0.2, 0) is 7.05 Å². The number of hydrogen-bond donors (Lipinski definition) is 0. The molecule has 1 aromatic carbocycles. The fraction of sp³-hybridized carbons (Fsp3) is 0.286. The maximum absolute atomic E-state index is 12.8. The summed E-state index contributed by atoms with van der Waals surface area (Å²) in [6, 6.07) is 12.3. The lowest BCUT2D eigenvalue weighted by atomic mass is 10.1. The van der Waals surface area contributed by atoms with Crippen LogP contribution >= 0.6 is 0 Å². The van der Waals surface area contributed by atoms with Crippen molar-refractivity contribution in [1.29, 1.82) is 0 Å². The zero-order valence-corrected chi connectivity index (χ0v) is 16.4. The van der Waals surface area contributed by atoms with Gasteiger partial charge < -0.3 is 18.8 Å². The van der Waals surface area contributed by atoms with Gasteiger partial charge in [-0.2, -0.15) is 5.10 Å². The van der Waals surface area contributed by atoms with Gasteiger partial charge in [-0.3, -0.25) is 9.48 Å². The van der Waals surface area contributed by atoms with E-state index in [-0.39, 0.29) is 12.0 Å². The zero-order chi connectivity index (χ0) is 20.5. The molecule has 0 saturated carbocycles. The van der Waals surface area contributed by atoms with E-state index in [1.165, 1.54) is 6.07 Å². The van der Waals surface area contributed by atoms with Gasteiger partial charge in [-0.05, 0) is 25.1 Å². The van der Waals surface area contributed by atoms with Crippen LogP contribution < -0.4 is 15.1 Å². The summed E-state index contributed by atoms with van der Waals surface area (Å²) in [6.07, 6.45) is -0.161. The number of likely N-dealkylation sites (tertiary alicyclic amines) is 1. The number of benzene rings is 1. The van der Waals surface area contributed by atoms with E-state index in [0.29, 0.717) is 36.0 Å². The highest BCUT2D eigenvalue weighted by molar-refractivity contribution is 5.94. The number of nitrogens with zero attached hydrogens (tertiary/aromatic N) is 3. The van der Waals surface area contributed by atoms with Crippen LogP contribution in [0, 0.1) is 6.92 Å². The van der Waals surface area contributed by atoms with Crippen molar-refractivity contribution < 1.29 is 18.7 Å². The first-order valence-corrected chi connectivity index (χ1v) is 9.19. The molecule has 0 atom stereocenters. The van der Waals surface area contributed by atoms with Gasteiger partial charge in [0.15, 0.2) is 0 Å². The van der Waals surface area contributed by atoms with Crippen molar-refractivity contribution in [3.05, 3.63) is 64.3 Å². The Morgan fingerprint density at radius 3 is 2.69 bits per heavy atom. The summed E-state index contributed by atoms with van der Waals surface area (Å²) >= 11 is 0. The number of rotatable bonds is 5. The van der Waals surface area contributed by atoms with Crippen LogP contribution in [0.15, 0.2) is 51.7 Å². The van der Waals surface area contributed by atoms with Gasteiger partial charge in [-0.25, -0.2) is 4.79 Å². The molecule has 1 amide bonds. The second-order valence-corrected chi connectivity index (χ2v) is 6.94. The lowest BCUT2D eigenvalue weighted by Crippen LogP contribution is -2.56. The second-order valence-electron chi connectivity index (χ2n) is 6.94. The van der Waals surface area contributed by atoms with Crippen molar-refractivity contribution in [3.8, 4) is 22.8 Å². The van der Waals surface area contributed by atoms with Crippen molar-refractivity contribution in [3.63, 3.8) is 0 Å². The van der Waals surface area contributed by atoms with Gasteiger partial charge >= 0.3 is 5.63 Å². The molecule has 3 aromatic rings. The first-order chi connectivity index (χ1) is 13.9. The smallest absolute Gasteiger partial charge is 0.339 e. The Kier molecular flexibility index (Phi) is 4.84. The van der Waals surface area contributed by atoms with Crippen molar-refractivity contribution in [2.45, 2.75) is 13.0 Å². The van der Waals surface area contributed by atoms with E-state index in [2.05, 4.69) is 5.10 Å². The predicted molar refractivity (Wildman–Crippen MR) is 105 cm³/mol. The molecule has 150 valence electrons. The minimum Gasteiger partial charge on any atom is -0.497 e. The highest BCUT2D eigenvalue weighted by atomic mass is 16.5. The third-order valence-corrected chi connectivity index (χ3v) is 4.77. The summed E-state index contributed by atoms with van der Waals surface area (Å²) in [5.74, 6) is 1.56. The predicted octanol–water partition coefficient (Wildman–Crippen LogP) is 2.26. The van der Waals surface area contributed by atoms with E-state index in [0.717, 1.165) is 11.3 Å². The van der Waals surface area contributed by atoms with E-state index in [1.54, 1.807) is 42.8 Å². The number of methoxy groups -OCH3 is 1. The van der Waals surface area contributed by atoms with Gasteiger partial charge in [-0.1, -0.05) is 12.1 Å². The minimum atomic E-state index is -0.452. The van der Waals surface area contributed by atoms with Crippen molar-refractivity contribution in [1.82, 2.24) is 14.7 Å². The molecule has 0 unspecified atom stereocenters. The Morgan fingerprint density at radius 2 is 1.97 bits per heavy atom. The highest BCUT2D eigenvalue weighted by Gasteiger charge is 2.34. The number of aryl methyl sites for hydroxylation is 2. The molecule has 8 nitrogen and oxygen atoms in total. The molecule has 2 aromatic heterocycles. The quantitative estimate of drug-likeness (QED) is 0.659. The maximum atomic E-state index is 12.8. The number of hydrogen-bond acceptors (Lipinski definition) is 6. The molecule has 0 spiro atoms. The summed E-state index contributed by atoms with van der Waals surface area (Å²) in [7, 11) is 3.36. The normalized spacial score (nSPS) is 13.8. The first kappa shape index (κ1) is 18.8. The Hall–Kier alpha value is -3.55. The van der Waals surface area contributed by atoms with E-state index in [9.17, 15) is 9.59 Å². The van der Waals surface area contributed by atoms with Crippen LogP contribution in [-0.4, -0.2) is 46.9 Å². The molecule has 0 radical (unpaired) electrons. The van der Waals surface area contributed by atoms with Gasteiger partial charge in [-0.15, -0.1) is 0 Å². The van der Waals surface area contributed by atoms with Crippen molar-refractivity contribution in [2.75, 3.05) is 20.2 Å². The largest absolute Gasteiger partial charge is 0.497 e. The van der Waals surface area contributed by atoms with Crippen LogP contribution in [0.5, 0.6) is 11.5 Å². The molecule has 1 saturated heterocycles. The van der Waals surface area contributed by atoms with Gasteiger partial charge in [0.05, 0.1) is 32.0 Å². The number of carbonyl (C=O) groups excluding carboxylic acids is 1. The number of carbonyl (C=O) groups is 1. The van der Waals surface area contributed by atoms with Crippen molar-refractivity contribution >= 4 is 5.91 Å². The average Bonchev–Trinajstić information content (AvgIpc) is 3.05. The van der Waals surface area contributed by atoms with E-state index < -0.39 is 5.63 Å². The number of amides is 1. The molecule has 0 bridgehead atoms. The summed E-state index contributed by atoms with van der Waals surface area (Å²) in [4.78, 5) is 26.0. The van der Waals surface area contributed by atoms with Crippen LogP contribution in [0.3, 0.4) is 0 Å². The SMILES string of the molecule is COc1cccc(-c2cc(C(=O)N3CC(Oc4cc(C)oc(=O)c4)C3)n(C)n2)c1. The standard InChI is InChI=1S/C21H21N3O5/c1-13-7-16(9-20(25)28-13)29-17-11-24(12-17)21(26)19-10-18(22-23(19)2)14-5-4-6-15(8-14)27-3/h4-10,17H,11-12H2,1-3H3. The van der Waals surface area contributed by atoms with E-state index in [4.69, 9.17) is 13.9 Å². The molecule has 4 rings (SSSR count). The van der Waals surface area contributed by atoms with Crippen LogP contribution in [0.2, 0.25) is 0 Å². The molecule has 8 heteroatoms. The molecule has 29 heavy (non-hydrogen) atoms. The Labute approximate surface area is 167 Å². The Morgan fingerprint density at radius 1 is 1.17 bits per heavy atom. The van der Waals surface area contributed by atoms with Gasteiger partial charge in [0.2, 0.25) is 0 Å². The van der Waals surface area contributed by atoms with Gasteiger partial charge in [0.25, 0.3) is 5.91 Å². The fourth-order valence-corrected chi connectivity index (χ4v) is 3.27. The summed E-state index contributed by atoms with van der Waals surface area (Å²) in [6.45, 7) is 2.57.